The van der Waals surface area contributed by atoms with Gasteiger partial charge in [0.2, 0.25) is 0 Å². The van der Waals surface area contributed by atoms with E-state index in [9.17, 15) is 4.79 Å². The molecule has 0 radical (unpaired) electrons. The predicted octanol–water partition coefficient (Wildman–Crippen LogP) is 3.95. The van der Waals surface area contributed by atoms with E-state index in [2.05, 4.69) is 57.1 Å². The number of carbonyl (C=O) groups excluding carboxylic acids is 1. The van der Waals surface area contributed by atoms with Gasteiger partial charge in [-0.15, -0.1) is 0 Å². The summed E-state index contributed by atoms with van der Waals surface area (Å²) in [7, 11) is 0. The first-order valence-electron chi connectivity index (χ1n) is 5.49. The van der Waals surface area contributed by atoms with E-state index >= 15 is 0 Å². The zero-order valence-electron chi connectivity index (χ0n) is 10.1. The lowest BCUT2D eigenvalue weighted by atomic mass is 10.2. The third kappa shape index (κ3) is 3.95. The fraction of sp³-hybridized carbons (Fsp3) is 0.0769. The Kier molecular flexibility index (Phi) is 5.87. The Bertz CT molecular complexity index is 606. The van der Waals surface area contributed by atoms with Crippen molar-refractivity contribution in [2.75, 3.05) is 6.61 Å². The minimum atomic E-state index is -0.142. The molecule has 104 valence electrons. The zero-order chi connectivity index (χ0) is 14.7. The van der Waals surface area contributed by atoms with Gasteiger partial charge in [-0.05, 0) is 69.0 Å². The third-order valence-electron chi connectivity index (χ3n) is 2.31. The van der Waals surface area contributed by atoms with E-state index in [0.717, 1.165) is 18.5 Å². The van der Waals surface area contributed by atoms with Crippen LogP contribution in [0.4, 0.5) is 0 Å². The first-order chi connectivity index (χ1) is 9.51. The van der Waals surface area contributed by atoms with Gasteiger partial charge >= 0.3 is 0 Å². The van der Waals surface area contributed by atoms with Gasteiger partial charge in [0.25, 0.3) is 5.91 Å². The quantitative estimate of drug-likeness (QED) is 0.278. The summed E-state index contributed by atoms with van der Waals surface area (Å²) in [5, 5.41) is 2.60. The molecule has 0 aliphatic carbocycles. The summed E-state index contributed by atoms with van der Waals surface area (Å²) in [6, 6.07) is 3.95. The van der Waals surface area contributed by atoms with Crippen LogP contribution >= 0.6 is 69.2 Å². The second kappa shape index (κ2) is 7.23. The molecule has 1 aliphatic rings. The molecule has 1 aromatic rings. The summed E-state index contributed by atoms with van der Waals surface area (Å²) in [6.07, 6.45) is 3.55. The summed E-state index contributed by atoms with van der Waals surface area (Å²) >= 11 is 10.7. The van der Waals surface area contributed by atoms with Crippen LogP contribution in [0.15, 0.2) is 29.7 Å². The minimum Gasteiger partial charge on any atom is -0.487 e. The van der Waals surface area contributed by atoms with E-state index in [1.165, 1.54) is 11.8 Å². The van der Waals surface area contributed by atoms with Crippen molar-refractivity contribution in [3.05, 3.63) is 42.4 Å². The maximum absolute atomic E-state index is 11.6. The van der Waals surface area contributed by atoms with Gasteiger partial charge in [-0.25, -0.2) is 0 Å². The van der Waals surface area contributed by atoms with Crippen LogP contribution < -0.4 is 10.1 Å². The van der Waals surface area contributed by atoms with Gasteiger partial charge in [-0.3, -0.25) is 4.79 Å². The Morgan fingerprint density at radius 3 is 2.55 bits per heavy atom. The molecule has 0 aromatic heterocycles. The molecule has 7 heteroatoms. The molecule has 0 saturated carbocycles. The molecule has 1 amide bonds. The van der Waals surface area contributed by atoms with Crippen LogP contribution in [0.5, 0.6) is 5.75 Å². The van der Waals surface area contributed by atoms with Crippen molar-refractivity contribution >= 4 is 85.5 Å². The van der Waals surface area contributed by atoms with Gasteiger partial charge in [-0.2, -0.15) is 0 Å². The number of halogens is 2. The lowest BCUT2D eigenvalue weighted by Crippen LogP contribution is -2.17. The van der Waals surface area contributed by atoms with Crippen LogP contribution in [0.25, 0.3) is 6.08 Å². The fourth-order valence-electron chi connectivity index (χ4n) is 1.52. The van der Waals surface area contributed by atoms with Gasteiger partial charge in [0.05, 0.1) is 12.0 Å². The number of benzene rings is 1. The van der Waals surface area contributed by atoms with Crippen molar-refractivity contribution in [1.82, 2.24) is 5.32 Å². The lowest BCUT2D eigenvalue weighted by molar-refractivity contribution is -0.115. The topological polar surface area (TPSA) is 38.3 Å². The minimum absolute atomic E-state index is 0.142. The van der Waals surface area contributed by atoms with Crippen molar-refractivity contribution < 1.29 is 9.53 Å². The summed E-state index contributed by atoms with van der Waals surface area (Å²) in [5.41, 5.74) is 0.951. The predicted molar refractivity (Wildman–Crippen MR) is 104 cm³/mol. The maximum Gasteiger partial charge on any atom is 0.263 e. The van der Waals surface area contributed by atoms with Crippen molar-refractivity contribution in [2.45, 2.75) is 0 Å². The Hall–Kier alpha value is -0.130. The molecule has 0 atom stereocenters. The summed E-state index contributed by atoms with van der Waals surface area (Å²) in [5.74, 6) is 0.698. The van der Waals surface area contributed by atoms with Gasteiger partial charge in [0.1, 0.15) is 16.7 Å². The van der Waals surface area contributed by atoms with E-state index in [0.29, 0.717) is 15.8 Å². The average molecular weight is 529 g/mol. The number of thioether (sulfide) groups is 1. The monoisotopic (exact) mass is 529 g/mol. The molecule has 0 spiro atoms. The molecule has 1 fully saturated rings. The van der Waals surface area contributed by atoms with E-state index in [-0.39, 0.29) is 5.91 Å². The van der Waals surface area contributed by atoms with Crippen LogP contribution in [0.1, 0.15) is 5.56 Å². The largest absolute Gasteiger partial charge is 0.487 e. The van der Waals surface area contributed by atoms with Crippen molar-refractivity contribution in [2.24, 2.45) is 0 Å². The molecule has 1 heterocycles. The first-order valence-corrected chi connectivity index (χ1v) is 8.87. The Balaban J connectivity index is 2.31. The summed E-state index contributed by atoms with van der Waals surface area (Å²) in [4.78, 5) is 12.3. The summed E-state index contributed by atoms with van der Waals surface area (Å²) in [6.45, 7) is 4.11. The molecule has 3 nitrogen and oxygen atoms in total. The number of hydrogen-bond donors (Lipinski definition) is 1. The van der Waals surface area contributed by atoms with Crippen LogP contribution in [-0.4, -0.2) is 16.8 Å². The maximum atomic E-state index is 11.6. The fourth-order valence-corrected chi connectivity index (χ4v) is 4.69. The zero-order valence-corrected chi connectivity index (χ0v) is 16.1. The molecule has 1 aliphatic heterocycles. The molecule has 1 aromatic carbocycles. The number of thiocarbonyl (C=S) groups is 1. The highest BCUT2D eigenvalue weighted by atomic mass is 127. The van der Waals surface area contributed by atoms with Gasteiger partial charge in [0, 0.05) is 0 Å². The highest BCUT2D eigenvalue weighted by molar-refractivity contribution is 14.1. The van der Waals surface area contributed by atoms with Crippen LogP contribution in [-0.2, 0) is 4.79 Å². The van der Waals surface area contributed by atoms with E-state index in [4.69, 9.17) is 17.0 Å². The van der Waals surface area contributed by atoms with E-state index < -0.39 is 0 Å². The number of amides is 1. The molecule has 0 bridgehead atoms. The van der Waals surface area contributed by atoms with Gasteiger partial charge in [-0.1, -0.05) is 36.6 Å². The molecule has 1 saturated heterocycles. The molecule has 0 unspecified atom stereocenters. The second-order valence-electron chi connectivity index (χ2n) is 3.77. The SMILES string of the molecule is C=CCOc1c(I)cc(C=C2SC(=S)NC2=O)cc1I. The van der Waals surface area contributed by atoms with Crippen LogP contribution in [0.2, 0.25) is 0 Å². The number of rotatable bonds is 4. The first kappa shape index (κ1) is 16.2. The van der Waals surface area contributed by atoms with E-state index in [1.54, 1.807) is 6.08 Å². The lowest BCUT2D eigenvalue weighted by Gasteiger charge is -2.09. The average Bonchev–Trinajstić information content (AvgIpc) is 2.67. The van der Waals surface area contributed by atoms with E-state index in [1.807, 2.05) is 18.2 Å². The molecule has 1 N–H and O–H groups in total. The van der Waals surface area contributed by atoms with Crippen LogP contribution in [0, 0.1) is 7.14 Å². The molecular formula is C13H9I2NO2S2. The van der Waals surface area contributed by atoms with Gasteiger partial charge in [0.15, 0.2) is 0 Å². The number of carbonyl (C=O) groups is 1. The molecular weight excluding hydrogens is 520 g/mol. The van der Waals surface area contributed by atoms with Crippen molar-refractivity contribution in [3.63, 3.8) is 0 Å². The normalized spacial score (nSPS) is 16.4. The summed E-state index contributed by atoms with van der Waals surface area (Å²) < 4.78 is 8.11. The van der Waals surface area contributed by atoms with Gasteiger partial charge < -0.3 is 10.1 Å². The highest BCUT2D eigenvalue weighted by Crippen LogP contribution is 2.32. The van der Waals surface area contributed by atoms with Crippen molar-refractivity contribution in [1.29, 1.82) is 0 Å². The van der Waals surface area contributed by atoms with Crippen molar-refractivity contribution in [3.8, 4) is 5.75 Å². The highest BCUT2D eigenvalue weighted by Gasteiger charge is 2.22. The smallest absolute Gasteiger partial charge is 0.263 e. The van der Waals surface area contributed by atoms with Crippen LogP contribution in [0.3, 0.4) is 0 Å². The second-order valence-corrected chi connectivity index (χ2v) is 7.81. The number of nitrogens with one attached hydrogen (secondary N) is 1. The Labute approximate surface area is 153 Å². The molecule has 20 heavy (non-hydrogen) atoms. The number of hydrogen-bond acceptors (Lipinski definition) is 4. The third-order valence-corrected chi connectivity index (χ3v) is 5.07. The standard InChI is InChI=1S/C13H9I2NO2S2/c1-2-3-18-11-8(14)4-7(5-9(11)15)6-10-12(17)16-13(19)20-10/h2,4-6H,1,3H2,(H,16,17,19). The number of ether oxygens (including phenoxy) is 1. The molecule has 2 rings (SSSR count). The Morgan fingerprint density at radius 2 is 2.05 bits per heavy atom. The Morgan fingerprint density at radius 1 is 1.40 bits per heavy atom.